The molecule has 1 aliphatic rings. The van der Waals surface area contributed by atoms with E-state index in [9.17, 15) is 14.9 Å². The lowest BCUT2D eigenvalue weighted by atomic mass is 10.1. The van der Waals surface area contributed by atoms with Crippen LogP contribution < -0.4 is 4.90 Å². The lowest BCUT2D eigenvalue weighted by Crippen LogP contribution is -2.37. The van der Waals surface area contributed by atoms with Crippen molar-refractivity contribution in [3.05, 3.63) is 70.3 Å². The Morgan fingerprint density at radius 1 is 1.09 bits per heavy atom. The molecule has 0 saturated carbocycles. The van der Waals surface area contributed by atoms with Crippen LogP contribution in [0.3, 0.4) is 0 Å². The number of hydrogen-bond acceptors (Lipinski definition) is 4. The van der Waals surface area contributed by atoms with E-state index in [1.165, 1.54) is 12.1 Å². The normalized spacial score (nSPS) is 18.3. The number of amides is 1. The van der Waals surface area contributed by atoms with E-state index < -0.39 is 4.92 Å². The molecule has 112 valence electrons. The van der Waals surface area contributed by atoms with E-state index in [0.717, 1.165) is 17.0 Å². The van der Waals surface area contributed by atoms with Gasteiger partial charge in [-0.15, -0.1) is 11.8 Å². The van der Waals surface area contributed by atoms with E-state index in [1.54, 1.807) is 28.8 Å². The molecule has 1 atom stereocenters. The van der Waals surface area contributed by atoms with Crippen molar-refractivity contribution in [2.24, 2.45) is 0 Å². The van der Waals surface area contributed by atoms with E-state index in [-0.39, 0.29) is 17.0 Å². The Labute approximate surface area is 132 Å². The number of thioether (sulfide) groups is 1. The van der Waals surface area contributed by atoms with Gasteiger partial charge in [0.05, 0.1) is 4.92 Å². The molecule has 1 unspecified atom stereocenters. The van der Waals surface area contributed by atoms with Gasteiger partial charge in [0.15, 0.2) is 0 Å². The summed E-state index contributed by atoms with van der Waals surface area (Å²) in [4.78, 5) is 24.5. The van der Waals surface area contributed by atoms with Gasteiger partial charge in [-0.25, -0.2) is 0 Å². The summed E-state index contributed by atoms with van der Waals surface area (Å²) in [5.74, 6) is 0.831. The maximum atomic E-state index is 12.4. The number of hydrogen-bond donors (Lipinski definition) is 0. The predicted molar refractivity (Wildman–Crippen MR) is 86.8 cm³/mol. The molecule has 1 fully saturated rings. The van der Waals surface area contributed by atoms with Crippen LogP contribution in [0.2, 0.25) is 0 Å². The van der Waals surface area contributed by atoms with E-state index >= 15 is 0 Å². The number of rotatable bonds is 3. The van der Waals surface area contributed by atoms with Crippen LogP contribution in [0.15, 0.2) is 54.6 Å². The van der Waals surface area contributed by atoms with E-state index in [4.69, 9.17) is 0 Å². The van der Waals surface area contributed by atoms with Gasteiger partial charge in [0, 0.05) is 30.0 Å². The molecule has 0 aliphatic carbocycles. The van der Waals surface area contributed by atoms with Crippen molar-refractivity contribution in [3.63, 3.8) is 0 Å². The Hall–Kier alpha value is -2.34. The van der Waals surface area contributed by atoms with Gasteiger partial charge in [-0.1, -0.05) is 18.2 Å². The molecule has 1 saturated heterocycles. The summed E-state index contributed by atoms with van der Waals surface area (Å²) in [5, 5.41) is 10.6. The molecule has 5 nitrogen and oxygen atoms in total. The summed E-state index contributed by atoms with van der Waals surface area (Å²) in [5.41, 5.74) is 1.80. The Morgan fingerprint density at radius 2 is 1.77 bits per heavy atom. The minimum Gasteiger partial charge on any atom is -0.296 e. The molecule has 22 heavy (non-hydrogen) atoms. The summed E-state index contributed by atoms with van der Waals surface area (Å²) >= 11 is 1.67. The highest BCUT2D eigenvalue weighted by atomic mass is 32.2. The molecule has 6 heteroatoms. The van der Waals surface area contributed by atoms with Gasteiger partial charge in [0.25, 0.3) is 5.69 Å². The number of nitro groups is 1. The average Bonchev–Trinajstić information content (AvgIpc) is 2.55. The second-order valence-corrected chi connectivity index (χ2v) is 6.11. The van der Waals surface area contributed by atoms with Gasteiger partial charge in [-0.2, -0.15) is 0 Å². The Balaban J connectivity index is 1.95. The van der Waals surface area contributed by atoms with Crippen molar-refractivity contribution in [1.82, 2.24) is 0 Å². The zero-order chi connectivity index (χ0) is 15.5. The van der Waals surface area contributed by atoms with Crippen molar-refractivity contribution in [1.29, 1.82) is 0 Å². The SMILES string of the molecule is O=C1CCSC(c2ccc([N+](=O)[O-])cc2)N1c1ccccc1. The van der Waals surface area contributed by atoms with Gasteiger partial charge in [0.1, 0.15) is 5.37 Å². The molecule has 0 N–H and O–H groups in total. The minimum absolute atomic E-state index is 0.0575. The average molecular weight is 314 g/mol. The summed E-state index contributed by atoms with van der Waals surface area (Å²) in [6.45, 7) is 0. The molecule has 1 aliphatic heterocycles. The molecule has 1 amide bonds. The lowest BCUT2D eigenvalue weighted by molar-refractivity contribution is -0.384. The predicted octanol–water partition coefficient (Wildman–Crippen LogP) is 3.76. The lowest BCUT2D eigenvalue weighted by Gasteiger charge is -2.35. The van der Waals surface area contributed by atoms with Crippen LogP contribution in [0.25, 0.3) is 0 Å². The summed E-state index contributed by atoms with van der Waals surface area (Å²) in [6.07, 6.45) is 0.503. The third kappa shape index (κ3) is 2.82. The Kier molecular flexibility index (Phi) is 4.11. The van der Waals surface area contributed by atoms with Crippen LogP contribution in [-0.2, 0) is 4.79 Å². The monoisotopic (exact) mass is 314 g/mol. The second kappa shape index (κ2) is 6.19. The molecular weight excluding hydrogens is 300 g/mol. The standard InChI is InChI=1S/C16H14N2O3S/c19-15-10-11-22-16(17(15)13-4-2-1-3-5-13)12-6-8-14(9-7-12)18(20)21/h1-9,16H,10-11H2. The molecule has 0 spiro atoms. The van der Waals surface area contributed by atoms with Gasteiger partial charge in [0.2, 0.25) is 5.91 Å². The van der Waals surface area contributed by atoms with Crippen molar-refractivity contribution in [2.45, 2.75) is 11.8 Å². The van der Waals surface area contributed by atoms with Crippen LogP contribution in [0.1, 0.15) is 17.4 Å². The van der Waals surface area contributed by atoms with Crippen molar-refractivity contribution < 1.29 is 9.72 Å². The topological polar surface area (TPSA) is 63.4 Å². The van der Waals surface area contributed by atoms with Gasteiger partial charge < -0.3 is 0 Å². The molecule has 3 rings (SSSR count). The number of nitrogens with zero attached hydrogens (tertiary/aromatic N) is 2. The highest BCUT2D eigenvalue weighted by molar-refractivity contribution is 7.99. The van der Waals surface area contributed by atoms with E-state index in [1.807, 2.05) is 30.3 Å². The first-order valence-corrected chi connectivity index (χ1v) is 7.95. The number of para-hydroxylation sites is 1. The second-order valence-electron chi connectivity index (χ2n) is 4.92. The Morgan fingerprint density at radius 3 is 2.41 bits per heavy atom. The fourth-order valence-corrected chi connectivity index (χ4v) is 3.71. The third-order valence-corrected chi connectivity index (χ3v) is 4.76. The van der Waals surface area contributed by atoms with Crippen LogP contribution in [0.5, 0.6) is 0 Å². The van der Waals surface area contributed by atoms with Gasteiger partial charge >= 0.3 is 0 Å². The fraction of sp³-hybridized carbons (Fsp3) is 0.188. The van der Waals surface area contributed by atoms with Crippen LogP contribution in [0, 0.1) is 10.1 Å². The first-order valence-electron chi connectivity index (χ1n) is 6.90. The van der Waals surface area contributed by atoms with Crippen LogP contribution >= 0.6 is 11.8 Å². The largest absolute Gasteiger partial charge is 0.296 e. The third-order valence-electron chi connectivity index (χ3n) is 3.52. The smallest absolute Gasteiger partial charge is 0.269 e. The zero-order valence-corrected chi connectivity index (χ0v) is 12.5. The maximum Gasteiger partial charge on any atom is 0.269 e. The molecular formula is C16H14N2O3S. The first kappa shape index (κ1) is 14.6. The first-order chi connectivity index (χ1) is 10.7. The zero-order valence-electron chi connectivity index (χ0n) is 11.7. The molecule has 0 bridgehead atoms. The number of nitro benzene ring substituents is 1. The molecule has 0 radical (unpaired) electrons. The minimum atomic E-state index is -0.419. The number of non-ortho nitro benzene ring substituents is 1. The Bertz CT molecular complexity index is 688. The van der Waals surface area contributed by atoms with Crippen molar-refractivity contribution >= 4 is 29.0 Å². The number of carbonyl (C=O) groups excluding carboxylic acids is 1. The quantitative estimate of drug-likeness (QED) is 0.639. The van der Waals surface area contributed by atoms with Gasteiger partial charge in [-0.05, 0) is 29.8 Å². The van der Waals surface area contributed by atoms with E-state index in [0.29, 0.717) is 6.42 Å². The fourth-order valence-electron chi connectivity index (χ4n) is 2.46. The number of anilines is 1. The maximum absolute atomic E-state index is 12.4. The van der Waals surface area contributed by atoms with Crippen LogP contribution in [0.4, 0.5) is 11.4 Å². The molecule has 1 heterocycles. The molecule has 0 aromatic heterocycles. The highest BCUT2D eigenvalue weighted by Crippen LogP contribution is 2.40. The summed E-state index contributed by atoms with van der Waals surface area (Å²) < 4.78 is 0. The summed E-state index contributed by atoms with van der Waals surface area (Å²) in [6, 6.07) is 15.9. The molecule has 2 aromatic carbocycles. The summed E-state index contributed by atoms with van der Waals surface area (Å²) in [7, 11) is 0. The van der Waals surface area contributed by atoms with Crippen LogP contribution in [-0.4, -0.2) is 16.6 Å². The van der Waals surface area contributed by atoms with Crippen molar-refractivity contribution in [2.75, 3.05) is 10.7 Å². The molecule has 2 aromatic rings. The highest BCUT2D eigenvalue weighted by Gasteiger charge is 2.31. The van der Waals surface area contributed by atoms with Crippen molar-refractivity contribution in [3.8, 4) is 0 Å². The van der Waals surface area contributed by atoms with Gasteiger partial charge in [-0.3, -0.25) is 19.8 Å². The number of carbonyl (C=O) groups is 1. The van der Waals surface area contributed by atoms with E-state index in [2.05, 4.69) is 0 Å². The number of benzene rings is 2.